The molecule has 0 radical (unpaired) electrons. The fourth-order valence-corrected chi connectivity index (χ4v) is 11.9. The van der Waals surface area contributed by atoms with E-state index in [9.17, 15) is 19.8 Å². The molecule has 2 unspecified atom stereocenters. The maximum atomic E-state index is 12.6. The number of hydrogen-bond acceptors (Lipinski definition) is 5. The lowest BCUT2D eigenvalue weighted by Crippen LogP contribution is -2.45. The number of carbonyl (C=O) groups is 2. The predicted molar refractivity (Wildman–Crippen MR) is 366 cm³/mol. The van der Waals surface area contributed by atoms with E-state index in [1.165, 1.54) is 334 Å². The number of unbranched alkanes of at least 4 members (excludes halogenated alkanes) is 54. The smallest absolute Gasteiger partial charge is 0.305 e. The second kappa shape index (κ2) is 72.6. The van der Waals surface area contributed by atoms with Crippen molar-refractivity contribution >= 4 is 11.9 Å². The standard InChI is InChI=1S/C77H147NO5/c1-3-5-7-9-11-13-15-17-19-21-22-23-32-35-38-41-45-49-53-57-61-65-69-75(80)74(73-79)78-76(81)70-66-62-58-54-50-46-42-39-36-33-30-28-26-24-25-27-29-31-34-37-40-44-48-52-56-60-64-68-72-83-77(82)71-67-63-59-55-51-47-43-20-18-16-14-12-10-8-6-4-2/h14,16,20,24-25,43,74-75,79-80H,3-13,15,17-19,21-23,26-42,44-73H2,1-2H3,(H,78,81)/b16-14-,25-24-,43-20-. The molecule has 0 heterocycles. The van der Waals surface area contributed by atoms with Crippen LogP contribution in [0.15, 0.2) is 36.5 Å². The van der Waals surface area contributed by atoms with Gasteiger partial charge in [-0.05, 0) is 83.5 Å². The summed E-state index contributed by atoms with van der Waals surface area (Å²) in [6, 6.07) is -0.543. The highest BCUT2D eigenvalue weighted by Crippen LogP contribution is 2.19. The second-order valence-corrected chi connectivity index (χ2v) is 26.0. The molecule has 0 aliphatic rings. The van der Waals surface area contributed by atoms with E-state index >= 15 is 0 Å². The predicted octanol–water partition coefficient (Wildman–Crippen LogP) is 24.7. The number of allylic oxidation sites excluding steroid dienone is 6. The fourth-order valence-electron chi connectivity index (χ4n) is 11.9. The van der Waals surface area contributed by atoms with E-state index < -0.39 is 12.1 Å². The molecular formula is C77H147NO5. The summed E-state index contributed by atoms with van der Waals surface area (Å²) < 4.78 is 5.49. The number of aliphatic hydroxyl groups excluding tert-OH is 2. The third-order valence-corrected chi connectivity index (χ3v) is 17.7. The number of amides is 1. The van der Waals surface area contributed by atoms with E-state index in [1.54, 1.807) is 0 Å². The summed E-state index contributed by atoms with van der Waals surface area (Å²) in [6.45, 7) is 4.97. The van der Waals surface area contributed by atoms with Gasteiger partial charge in [-0.3, -0.25) is 9.59 Å². The molecule has 3 N–H and O–H groups in total. The summed E-state index contributed by atoms with van der Waals surface area (Å²) >= 11 is 0. The van der Waals surface area contributed by atoms with Crippen LogP contribution in [0.3, 0.4) is 0 Å². The van der Waals surface area contributed by atoms with Crippen LogP contribution in [0.5, 0.6) is 0 Å². The van der Waals surface area contributed by atoms with Crippen molar-refractivity contribution in [1.82, 2.24) is 5.32 Å². The van der Waals surface area contributed by atoms with Gasteiger partial charge in [-0.2, -0.15) is 0 Å². The van der Waals surface area contributed by atoms with Gasteiger partial charge >= 0.3 is 5.97 Å². The van der Waals surface area contributed by atoms with Crippen molar-refractivity contribution in [2.45, 2.75) is 431 Å². The first kappa shape index (κ1) is 81.1. The van der Waals surface area contributed by atoms with Crippen molar-refractivity contribution in [1.29, 1.82) is 0 Å². The molecule has 0 aromatic heterocycles. The van der Waals surface area contributed by atoms with Gasteiger partial charge in [-0.1, -0.05) is 359 Å². The van der Waals surface area contributed by atoms with Crippen LogP contribution in [-0.4, -0.2) is 47.4 Å². The van der Waals surface area contributed by atoms with Gasteiger partial charge < -0.3 is 20.3 Å². The summed E-state index contributed by atoms with van der Waals surface area (Å²) in [7, 11) is 0. The molecular weight excluding hydrogens is 1020 g/mol. The van der Waals surface area contributed by atoms with Gasteiger partial charge in [0.1, 0.15) is 0 Å². The number of ether oxygens (including phenoxy) is 1. The van der Waals surface area contributed by atoms with Crippen LogP contribution in [0.4, 0.5) is 0 Å². The average Bonchev–Trinajstić information content (AvgIpc) is 3.49. The lowest BCUT2D eigenvalue weighted by atomic mass is 10.0. The maximum absolute atomic E-state index is 12.6. The summed E-state index contributed by atoms with van der Waals surface area (Å²) in [5.41, 5.74) is 0. The Kier molecular flexibility index (Phi) is 70.9. The normalized spacial score (nSPS) is 12.7. The zero-order valence-corrected chi connectivity index (χ0v) is 56.2. The van der Waals surface area contributed by atoms with Gasteiger partial charge in [-0.25, -0.2) is 0 Å². The summed E-state index contributed by atoms with van der Waals surface area (Å²) in [5, 5.41) is 23.4. The summed E-state index contributed by atoms with van der Waals surface area (Å²) in [6.07, 6.45) is 93.5. The van der Waals surface area contributed by atoms with Crippen molar-refractivity contribution in [3.8, 4) is 0 Å². The summed E-state index contributed by atoms with van der Waals surface area (Å²) in [4.78, 5) is 24.6. The Morgan fingerprint density at radius 3 is 0.940 bits per heavy atom. The molecule has 6 heteroatoms. The molecule has 0 bridgehead atoms. The minimum Gasteiger partial charge on any atom is -0.466 e. The molecule has 1 amide bonds. The van der Waals surface area contributed by atoms with Crippen LogP contribution in [0.2, 0.25) is 0 Å². The molecule has 0 aliphatic heterocycles. The Bertz CT molecular complexity index is 1340. The number of esters is 1. The highest BCUT2D eigenvalue weighted by atomic mass is 16.5. The Labute approximate surface area is 519 Å². The van der Waals surface area contributed by atoms with Crippen molar-refractivity contribution in [3.05, 3.63) is 36.5 Å². The van der Waals surface area contributed by atoms with Gasteiger partial charge in [0.05, 0.1) is 25.4 Å². The highest BCUT2D eigenvalue weighted by Gasteiger charge is 2.20. The van der Waals surface area contributed by atoms with E-state index in [4.69, 9.17) is 4.74 Å². The Morgan fingerprint density at radius 2 is 0.602 bits per heavy atom. The molecule has 83 heavy (non-hydrogen) atoms. The lowest BCUT2D eigenvalue weighted by Gasteiger charge is -2.22. The Balaban J connectivity index is 3.38. The van der Waals surface area contributed by atoms with Crippen LogP contribution in [0.25, 0.3) is 0 Å². The van der Waals surface area contributed by atoms with Gasteiger partial charge in [0.2, 0.25) is 5.91 Å². The molecule has 0 aliphatic carbocycles. The number of nitrogens with one attached hydrogen (secondary N) is 1. The van der Waals surface area contributed by atoms with Crippen molar-refractivity contribution in [2.75, 3.05) is 13.2 Å². The largest absolute Gasteiger partial charge is 0.466 e. The van der Waals surface area contributed by atoms with Crippen LogP contribution in [-0.2, 0) is 14.3 Å². The van der Waals surface area contributed by atoms with Crippen molar-refractivity contribution < 1.29 is 24.5 Å². The quantitative estimate of drug-likeness (QED) is 0.0320. The van der Waals surface area contributed by atoms with Crippen LogP contribution in [0, 0.1) is 0 Å². The molecule has 0 aromatic carbocycles. The SMILES string of the molecule is CCCCCC/C=C\C/C=C\CCCCCCCC(=O)OCCCCCCCCCCCCCC/C=C\CCCCCCCCCCCCCCC(=O)NC(CO)C(O)CCCCCCCCCCCCCCCCCCCCCCCC. The minimum absolute atomic E-state index is 0.00304. The third kappa shape index (κ3) is 69.1. The number of rotatable bonds is 71. The van der Waals surface area contributed by atoms with E-state index in [0.717, 1.165) is 51.4 Å². The molecule has 0 fully saturated rings. The monoisotopic (exact) mass is 1170 g/mol. The zero-order chi connectivity index (χ0) is 59.9. The van der Waals surface area contributed by atoms with Gasteiger partial charge in [0.15, 0.2) is 0 Å². The molecule has 2 atom stereocenters. The van der Waals surface area contributed by atoms with Gasteiger partial charge in [0.25, 0.3) is 0 Å². The van der Waals surface area contributed by atoms with E-state index in [-0.39, 0.29) is 18.5 Å². The molecule has 0 rings (SSSR count). The number of aliphatic hydroxyl groups is 2. The Morgan fingerprint density at radius 1 is 0.337 bits per heavy atom. The molecule has 0 aromatic rings. The van der Waals surface area contributed by atoms with Crippen LogP contribution < -0.4 is 5.32 Å². The lowest BCUT2D eigenvalue weighted by molar-refractivity contribution is -0.143. The van der Waals surface area contributed by atoms with E-state index in [1.807, 2.05) is 0 Å². The molecule has 6 nitrogen and oxygen atoms in total. The first-order chi connectivity index (χ1) is 41.0. The average molecular weight is 1170 g/mol. The Hall–Kier alpha value is -1.92. The first-order valence-corrected chi connectivity index (χ1v) is 37.7. The van der Waals surface area contributed by atoms with Crippen molar-refractivity contribution in [2.24, 2.45) is 0 Å². The van der Waals surface area contributed by atoms with Gasteiger partial charge in [-0.15, -0.1) is 0 Å². The third-order valence-electron chi connectivity index (χ3n) is 17.7. The van der Waals surface area contributed by atoms with Crippen LogP contribution >= 0.6 is 0 Å². The maximum Gasteiger partial charge on any atom is 0.305 e. The molecule has 490 valence electrons. The number of carbonyl (C=O) groups excluding carboxylic acids is 2. The molecule has 0 saturated heterocycles. The van der Waals surface area contributed by atoms with Gasteiger partial charge in [0, 0.05) is 12.8 Å². The topological polar surface area (TPSA) is 95.9 Å². The summed E-state index contributed by atoms with van der Waals surface area (Å²) in [5.74, 6) is -0.0274. The van der Waals surface area contributed by atoms with E-state index in [0.29, 0.717) is 25.9 Å². The zero-order valence-electron chi connectivity index (χ0n) is 56.2. The minimum atomic E-state index is -0.666. The van der Waals surface area contributed by atoms with Crippen molar-refractivity contribution in [3.63, 3.8) is 0 Å². The van der Waals surface area contributed by atoms with E-state index in [2.05, 4.69) is 55.6 Å². The molecule has 0 spiro atoms. The first-order valence-electron chi connectivity index (χ1n) is 37.7. The second-order valence-electron chi connectivity index (χ2n) is 26.0. The van der Waals surface area contributed by atoms with Crippen LogP contribution in [0.1, 0.15) is 418 Å². The number of hydrogen-bond donors (Lipinski definition) is 3. The highest BCUT2D eigenvalue weighted by molar-refractivity contribution is 5.76. The molecule has 0 saturated carbocycles. The fraction of sp³-hybridized carbons (Fsp3) is 0.896.